The van der Waals surface area contributed by atoms with Gasteiger partial charge in [-0.2, -0.15) is 13.2 Å². The molecule has 0 spiro atoms. The zero-order valence-electron chi connectivity index (χ0n) is 8.82. The van der Waals surface area contributed by atoms with Crippen LogP contribution in [0.15, 0.2) is 24.3 Å². The number of halogens is 4. The van der Waals surface area contributed by atoms with E-state index in [1.54, 1.807) is 0 Å². The Morgan fingerprint density at radius 3 is 2.35 bits per heavy atom. The van der Waals surface area contributed by atoms with Gasteiger partial charge in [-0.1, -0.05) is 18.2 Å². The fraction of sp³-hybridized carbons (Fsp3) is 0.300. The maximum atomic E-state index is 12.6. The van der Waals surface area contributed by atoms with E-state index < -0.39 is 23.8 Å². The van der Waals surface area contributed by atoms with Gasteiger partial charge in [-0.3, -0.25) is 4.79 Å². The first kappa shape index (κ1) is 15.7. The molecule has 0 heterocycles. The van der Waals surface area contributed by atoms with Crippen molar-refractivity contribution < 1.29 is 22.7 Å². The Labute approximate surface area is 102 Å². The predicted molar refractivity (Wildman–Crippen MR) is 57.6 cm³/mol. The van der Waals surface area contributed by atoms with Gasteiger partial charge < -0.3 is 10.5 Å². The third-order valence-corrected chi connectivity index (χ3v) is 2.06. The number of carbonyl (C=O) groups excluding carboxylic acids is 1. The molecule has 0 aliphatic rings. The van der Waals surface area contributed by atoms with Crippen molar-refractivity contribution in [1.29, 1.82) is 0 Å². The van der Waals surface area contributed by atoms with Gasteiger partial charge in [0.05, 0.1) is 12.7 Å². The van der Waals surface area contributed by atoms with Crippen LogP contribution in [0.2, 0.25) is 0 Å². The van der Waals surface area contributed by atoms with E-state index in [4.69, 9.17) is 5.73 Å². The molecule has 0 radical (unpaired) electrons. The van der Waals surface area contributed by atoms with Crippen molar-refractivity contribution in [3.63, 3.8) is 0 Å². The Balaban J connectivity index is 0.00000256. The Morgan fingerprint density at radius 1 is 1.35 bits per heavy atom. The maximum Gasteiger partial charge on any atom is 0.416 e. The molecule has 3 nitrogen and oxygen atoms in total. The Hall–Kier alpha value is -1.27. The molecule has 0 bridgehead atoms. The normalized spacial score (nSPS) is 12.5. The van der Waals surface area contributed by atoms with Crippen molar-refractivity contribution >= 4 is 18.4 Å². The molecule has 0 amide bonds. The Morgan fingerprint density at radius 2 is 1.88 bits per heavy atom. The van der Waals surface area contributed by atoms with Crippen LogP contribution in [-0.4, -0.2) is 13.1 Å². The molecule has 0 aliphatic heterocycles. The topological polar surface area (TPSA) is 52.3 Å². The van der Waals surface area contributed by atoms with Crippen LogP contribution in [0, 0.1) is 0 Å². The highest BCUT2D eigenvalue weighted by Crippen LogP contribution is 2.34. The van der Waals surface area contributed by atoms with Gasteiger partial charge in [0.1, 0.15) is 6.04 Å². The zero-order valence-corrected chi connectivity index (χ0v) is 9.64. The standard InChI is InChI=1S/C10H10F3NO2.ClH/c1-16-9(15)8(14)6-4-2-3-5-7(6)10(11,12)13;/h2-5,8H,14H2,1H3;1H/t8-;/m0./s1. The van der Waals surface area contributed by atoms with Crippen molar-refractivity contribution in [2.75, 3.05) is 7.11 Å². The summed E-state index contributed by atoms with van der Waals surface area (Å²) in [7, 11) is 1.07. The molecule has 1 aromatic carbocycles. The van der Waals surface area contributed by atoms with Crippen LogP contribution in [-0.2, 0) is 15.7 Å². The van der Waals surface area contributed by atoms with Crippen molar-refractivity contribution in [2.45, 2.75) is 12.2 Å². The van der Waals surface area contributed by atoms with Crippen LogP contribution in [0.4, 0.5) is 13.2 Å². The molecule has 1 aromatic rings. The number of ether oxygens (including phenoxy) is 1. The molecule has 96 valence electrons. The van der Waals surface area contributed by atoms with Crippen molar-refractivity contribution in [3.05, 3.63) is 35.4 Å². The fourth-order valence-corrected chi connectivity index (χ4v) is 1.28. The van der Waals surface area contributed by atoms with Crippen LogP contribution in [0.5, 0.6) is 0 Å². The van der Waals surface area contributed by atoms with E-state index in [0.29, 0.717) is 0 Å². The summed E-state index contributed by atoms with van der Waals surface area (Å²) in [6.45, 7) is 0. The number of methoxy groups -OCH3 is 1. The van der Waals surface area contributed by atoms with Crippen LogP contribution < -0.4 is 5.73 Å². The van der Waals surface area contributed by atoms with E-state index in [0.717, 1.165) is 19.2 Å². The summed E-state index contributed by atoms with van der Waals surface area (Å²) in [5, 5.41) is 0. The molecule has 0 aromatic heterocycles. The average molecular weight is 270 g/mol. The minimum absolute atomic E-state index is 0. The molecule has 1 rings (SSSR count). The lowest BCUT2D eigenvalue weighted by Gasteiger charge is -2.16. The van der Waals surface area contributed by atoms with E-state index >= 15 is 0 Å². The highest BCUT2D eigenvalue weighted by atomic mass is 35.5. The first-order chi connectivity index (χ1) is 7.38. The lowest BCUT2D eigenvalue weighted by Crippen LogP contribution is -2.25. The van der Waals surface area contributed by atoms with E-state index in [2.05, 4.69) is 4.74 Å². The van der Waals surface area contributed by atoms with Gasteiger partial charge in [0, 0.05) is 0 Å². The van der Waals surface area contributed by atoms with Crippen molar-refractivity contribution in [1.82, 2.24) is 0 Å². The summed E-state index contributed by atoms with van der Waals surface area (Å²) in [6, 6.07) is 3.22. The molecular weight excluding hydrogens is 259 g/mol. The summed E-state index contributed by atoms with van der Waals surface area (Å²) in [5.41, 5.74) is 4.16. The SMILES string of the molecule is COC(=O)[C@@H](N)c1ccccc1C(F)(F)F.Cl. The van der Waals surface area contributed by atoms with Gasteiger partial charge >= 0.3 is 12.1 Å². The third kappa shape index (κ3) is 3.61. The van der Waals surface area contributed by atoms with Crippen LogP contribution in [0.3, 0.4) is 0 Å². The Bertz CT molecular complexity index is 395. The van der Waals surface area contributed by atoms with Crippen LogP contribution in [0.1, 0.15) is 17.2 Å². The number of hydrogen-bond acceptors (Lipinski definition) is 3. The molecule has 1 atom stereocenters. The molecule has 0 unspecified atom stereocenters. The second kappa shape index (κ2) is 5.88. The first-order valence-electron chi connectivity index (χ1n) is 4.37. The average Bonchev–Trinajstić information content (AvgIpc) is 2.26. The number of hydrogen-bond donors (Lipinski definition) is 1. The fourth-order valence-electron chi connectivity index (χ4n) is 1.28. The first-order valence-corrected chi connectivity index (χ1v) is 4.37. The van der Waals surface area contributed by atoms with Gasteiger partial charge in [0.25, 0.3) is 0 Å². The summed E-state index contributed by atoms with van der Waals surface area (Å²) in [4.78, 5) is 11.1. The molecule has 0 saturated carbocycles. The van der Waals surface area contributed by atoms with E-state index in [1.807, 2.05) is 0 Å². The highest BCUT2D eigenvalue weighted by Gasteiger charge is 2.35. The molecule has 0 aliphatic carbocycles. The van der Waals surface area contributed by atoms with Crippen molar-refractivity contribution in [3.8, 4) is 0 Å². The number of alkyl halides is 3. The van der Waals surface area contributed by atoms with E-state index in [9.17, 15) is 18.0 Å². The molecule has 0 saturated heterocycles. The number of rotatable bonds is 2. The zero-order chi connectivity index (χ0) is 12.3. The number of nitrogens with two attached hydrogens (primary N) is 1. The Kier molecular flexibility index (Phi) is 5.44. The van der Waals surface area contributed by atoms with Gasteiger partial charge in [-0.25, -0.2) is 0 Å². The van der Waals surface area contributed by atoms with Gasteiger partial charge in [-0.15, -0.1) is 12.4 Å². The molecule has 0 fully saturated rings. The van der Waals surface area contributed by atoms with Gasteiger partial charge in [0.15, 0.2) is 0 Å². The van der Waals surface area contributed by atoms with Crippen molar-refractivity contribution in [2.24, 2.45) is 5.73 Å². The maximum absolute atomic E-state index is 12.6. The molecule has 17 heavy (non-hydrogen) atoms. The van der Waals surface area contributed by atoms with Crippen LogP contribution in [0.25, 0.3) is 0 Å². The number of esters is 1. The summed E-state index contributed by atoms with van der Waals surface area (Å²) in [5.74, 6) is -0.906. The monoisotopic (exact) mass is 269 g/mol. The minimum atomic E-state index is -4.54. The van der Waals surface area contributed by atoms with Crippen LogP contribution >= 0.6 is 12.4 Å². The quantitative estimate of drug-likeness (QED) is 0.838. The van der Waals surface area contributed by atoms with E-state index in [-0.39, 0.29) is 18.0 Å². The number of carbonyl (C=O) groups is 1. The summed E-state index contributed by atoms with van der Waals surface area (Å²) >= 11 is 0. The largest absolute Gasteiger partial charge is 0.468 e. The lowest BCUT2D eigenvalue weighted by molar-refractivity contribution is -0.144. The lowest BCUT2D eigenvalue weighted by atomic mass is 10.0. The number of benzene rings is 1. The molecule has 7 heteroatoms. The van der Waals surface area contributed by atoms with Gasteiger partial charge in [-0.05, 0) is 11.6 Å². The summed E-state index contributed by atoms with van der Waals surface area (Å²) < 4.78 is 42.0. The van der Waals surface area contributed by atoms with Gasteiger partial charge in [0.2, 0.25) is 0 Å². The third-order valence-electron chi connectivity index (χ3n) is 2.06. The molecule has 2 N–H and O–H groups in total. The second-order valence-corrected chi connectivity index (χ2v) is 3.09. The minimum Gasteiger partial charge on any atom is -0.468 e. The molecular formula is C10H11ClF3NO2. The van der Waals surface area contributed by atoms with E-state index in [1.165, 1.54) is 12.1 Å². The highest BCUT2D eigenvalue weighted by molar-refractivity contribution is 5.85. The predicted octanol–water partition coefficient (Wildman–Crippen LogP) is 2.30. The smallest absolute Gasteiger partial charge is 0.416 e. The second-order valence-electron chi connectivity index (χ2n) is 3.09. The summed E-state index contributed by atoms with van der Waals surface area (Å²) in [6.07, 6.45) is -4.54.